The first-order valence-electron chi connectivity index (χ1n) is 31.9. The molecule has 0 radical (unpaired) electrons. The summed E-state index contributed by atoms with van der Waals surface area (Å²) in [5.41, 5.74) is 7.67. The van der Waals surface area contributed by atoms with Gasteiger partial charge in [-0.1, -0.05) is 139 Å². The van der Waals surface area contributed by atoms with E-state index in [1.165, 1.54) is 18.2 Å². The van der Waals surface area contributed by atoms with Crippen LogP contribution in [0.15, 0.2) is 115 Å². The van der Waals surface area contributed by atoms with Gasteiger partial charge in [-0.3, -0.25) is 47.9 Å². The molecule has 0 amide bonds. The smallest absolute Gasteiger partial charge is 0.420 e. The van der Waals surface area contributed by atoms with Gasteiger partial charge in [-0.15, -0.1) is 0 Å². The standard InChI is InChI=1S/C17H16N2O4.C15H11F3N2O2.C14H11FN2O2.2C14H12N2O2/c1-4-23-17(22)19-13-12(18-16(19)9(2)3)10-7-5-6-8-11(10)14(20)15(13)21;1-2-10-19-11-8-5-3-4-6-9(8)13(21)14(22)12(11)20(10)7-15(16,17)18;1-3-10-16-11-8-5-4-7(15)6-9(8)13(18)14(19)12(11)17(10)2;1-3-10-15-11-12(16(10)2)8-6-4-5-7-9(8)13(17)14(11)18;1-3-10-15-11-8-6-4-5-7-9(8)13(17)14(18)12(11)16(10)2/h5-9H,4H2,1-3H3;3-6H,2,7H2,1H3;4-6H,3H2,1-2H3;2*4-7H,3H2,1-2H3. The molecule has 5 aliphatic carbocycles. The first kappa shape index (κ1) is 69.4. The fourth-order valence-corrected chi connectivity index (χ4v) is 12.7. The second-order valence-corrected chi connectivity index (χ2v) is 23.7. The fraction of sp³-hybridized carbons (Fsp3) is 0.243. The molecule has 508 valence electrons. The number of halogens is 4. The maximum Gasteiger partial charge on any atom is 0.420 e. The summed E-state index contributed by atoms with van der Waals surface area (Å²) in [5.74, 6) is -3.99. The zero-order valence-corrected chi connectivity index (χ0v) is 55.7. The van der Waals surface area contributed by atoms with Crippen molar-refractivity contribution < 1.29 is 75.0 Å². The molecule has 0 bridgehead atoms. The van der Waals surface area contributed by atoms with Crippen molar-refractivity contribution in [3.63, 3.8) is 0 Å². The van der Waals surface area contributed by atoms with Crippen LogP contribution < -0.4 is 0 Å². The third-order valence-electron chi connectivity index (χ3n) is 17.4. The molecule has 10 aromatic rings. The SMILES string of the molecule is CCOC(=O)n1c(C(C)C)nc2c1C(=O)C(=O)c1ccccc1-2.CCc1nc2c(n1C)-c1ccccc1C(=O)C2=O.CCc1nc2c(n1C)C(=O)C(=O)c1cc(F)ccc1-2.CCc1nc2c(n1C)C(=O)C(=O)c1ccccc1-2.CCc1nc2c(n1CC(F)(F)F)C(=O)C(=O)c1ccccc1-2. The van der Waals surface area contributed by atoms with Crippen molar-refractivity contribution in [1.29, 1.82) is 0 Å². The third kappa shape index (κ3) is 11.9. The first-order chi connectivity index (χ1) is 47.6. The quantitative estimate of drug-likeness (QED) is 0.106. The summed E-state index contributed by atoms with van der Waals surface area (Å²) in [7, 11) is 5.37. The van der Waals surface area contributed by atoms with Crippen LogP contribution in [0.2, 0.25) is 0 Å². The van der Waals surface area contributed by atoms with Crippen LogP contribution >= 0.6 is 0 Å². The Balaban J connectivity index is 0.000000126. The Morgan fingerprint density at radius 1 is 0.400 bits per heavy atom. The average molecular weight is 1360 g/mol. The molecular weight excluding hydrogens is 1300 g/mol. The zero-order valence-electron chi connectivity index (χ0n) is 55.7. The summed E-state index contributed by atoms with van der Waals surface area (Å²) >= 11 is 0. The van der Waals surface area contributed by atoms with Gasteiger partial charge in [0.25, 0.3) is 28.9 Å². The summed E-state index contributed by atoms with van der Waals surface area (Å²) in [6.45, 7) is 11.8. The number of imidazole rings is 5. The predicted octanol–water partition coefficient (Wildman–Crippen LogP) is 12.3. The molecule has 0 saturated heterocycles. The molecule has 0 atom stereocenters. The van der Waals surface area contributed by atoms with E-state index in [-0.39, 0.29) is 58.7 Å². The molecule has 5 aromatic heterocycles. The Bertz CT molecular complexity index is 5210. The van der Waals surface area contributed by atoms with E-state index in [1.807, 2.05) is 70.5 Å². The number of carbonyl (C=O) groups is 11. The van der Waals surface area contributed by atoms with Crippen molar-refractivity contribution in [1.82, 2.24) is 47.8 Å². The number of aromatic nitrogens is 10. The van der Waals surface area contributed by atoms with Crippen LogP contribution in [0.25, 0.3) is 56.3 Å². The number of fused-ring (bicyclic) bond motifs is 15. The highest BCUT2D eigenvalue weighted by Gasteiger charge is 2.42. The van der Waals surface area contributed by atoms with Gasteiger partial charge < -0.3 is 23.0 Å². The van der Waals surface area contributed by atoms with Crippen molar-refractivity contribution in [3.05, 3.63) is 206 Å². The van der Waals surface area contributed by atoms with E-state index in [9.17, 15) is 70.3 Å². The number of rotatable bonds is 7. The number of hydrogen-bond acceptors (Lipinski definition) is 17. The second kappa shape index (κ2) is 27.2. The number of benzene rings is 5. The maximum atomic E-state index is 13.2. The monoisotopic (exact) mass is 1360 g/mol. The molecule has 100 heavy (non-hydrogen) atoms. The van der Waals surface area contributed by atoms with Crippen LogP contribution in [0, 0.1) is 5.82 Å². The van der Waals surface area contributed by atoms with Crippen molar-refractivity contribution in [2.75, 3.05) is 6.61 Å². The lowest BCUT2D eigenvalue weighted by Crippen LogP contribution is -2.28. The van der Waals surface area contributed by atoms with Crippen molar-refractivity contribution in [2.24, 2.45) is 21.1 Å². The number of Topliss-reactive ketones (excluding diaryl/α,β-unsaturated/α-hetero) is 10. The topological polar surface area (TPSA) is 286 Å². The van der Waals surface area contributed by atoms with Gasteiger partial charge >= 0.3 is 12.3 Å². The number of ether oxygens (including phenoxy) is 1. The molecule has 0 fully saturated rings. The van der Waals surface area contributed by atoms with Gasteiger partial charge in [-0.05, 0) is 25.1 Å². The molecule has 5 aromatic carbocycles. The minimum atomic E-state index is -4.50. The van der Waals surface area contributed by atoms with Crippen LogP contribution in [0.1, 0.15) is 188 Å². The third-order valence-corrected chi connectivity index (χ3v) is 17.4. The molecule has 5 aliphatic rings. The van der Waals surface area contributed by atoms with E-state index in [1.54, 1.807) is 104 Å². The molecule has 0 saturated carbocycles. The Labute approximate surface area is 567 Å². The van der Waals surface area contributed by atoms with Crippen LogP contribution in [0.5, 0.6) is 0 Å². The van der Waals surface area contributed by atoms with E-state index in [2.05, 4.69) is 24.9 Å². The van der Waals surface area contributed by atoms with Gasteiger partial charge in [0.15, 0.2) is 0 Å². The van der Waals surface area contributed by atoms with Crippen molar-refractivity contribution in [2.45, 2.75) is 92.8 Å². The van der Waals surface area contributed by atoms with Gasteiger partial charge in [-0.25, -0.2) is 38.7 Å². The fourth-order valence-electron chi connectivity index (χ4n) is 12.7. The summed E-state index contributed by atoms with van der Waals surface area (Å²) in [6, 6.07) is 31.3. The number of hydrogen-bond donors (Lipinski definition) is 0. The van der Waals surface area contributed by atoms with Gasteiger partial charge in [0.05, 0.1) is 12.3 Å². The van der Waals surface area contributed by atoms with E-state index in [0.717, 1.165) is 62.3 Å². The van der Waals surface area contributed by atoms with E-state index in [0.29, 0.717) is 74.1 Å². The summed E-state index contributed by atoms with van der Waals surface area (Å²) in [5, 5.41) is 0. The highest BCUT2D eigenvalue weighted by molar-refractivity contribution is 6.55. The van der Waals surface area contributed by atoms with Gasteiger partial charge in [0, 0.05) is 108 Å². The molecule has 0 unspecified atom stereocenters. The Morgan fingerprint density at radius 3 is 1.17 bits per heavy atom. The minimum absolute atomic E-state index is 0.00384. The number of ketones is 10. The number of aryl methyl sites for hydroxylation is 4. The van der Waals surface area contributed by atoms with E-state index < -0.39 is 82.5 Å². The van der Waals surface area contributed by atoms with Crippen LogP contribution in [-0.4, -0.2) is 124 Å². The highest BCUT2D eigenvalue weighted by atomic mass is 19.4. The van der Waals surface area contributed by atoms with Gasteiger partial charge in [-0.2, -0.15) is 13.2 Å². The lowest BCUT2D eigenvalue weighted by Gasteiger charge is -2.17. The number of alkyl halides is 3. The molecule has 0 aliphatic heterocycles. The van der Waals surface area contributed by atoms with E-state index >= 15 is 0 Å². The lowest BCUT2D eigenvalue weighted by molar-refractivity contribution is -0.141. The molecule has 22 nitrogen and oxygen atoms in total. The molecule has 15 rings (SSSR count). The first-order valence-corrected chi connectivity index (χ1v) is 31.9. The number of carbonyl (C=O) groups excluding carboxylic acids is 11. The molecule has 0 spiro atoms. The predicted molar refractivity (Wildman–Crippen MR) is 355 cm³/mol. The van der Waals surface area contributed by atoms with E-state index in [4.69, 9.17) is 4.74 Å². The molecule has 0 N–H and O–H groups in total. The Morgan fingerprint density at radius 2 is 0.740 bits per heavy atom. The minimum Gasteiger partial charge on any atom is -0.449 e. The van der Waals surface area contributed by atoms with Crippen LogP contribution in [-0.2, 0) is 58.1 Å². The Hall–Kier alpha value is -12.0. The second-order valence-electron chi connectivity index (χ2n) is 23.7. The summed E-state index contributed by atoms with van der Waals surface area (Å²) in [6.07, 6.45) is -2.85. The zero-order chi connectivity index (χ0) is 72.2. The highest BCUT2D eigenvalue weighted by Crippen LogP contribution is 2.40. The largest absolute Gasteiger partial charge is 0.449 e. The van der Waals surface area contributed by atoms with Crippen LogP contribution in [0.3, 0.4) is 0 Å². The van der Waals surface area contributed by atoms with Crippen molar-refractivity contribution >= 4 is 63.9 Å². The molecule has 26 heteroatoms. The normalized spacial score (nSPS) is 13.5. The Kier molecular flexibility index (Phi) is 18.8. The number of nitrogens with zero attached hydrogens (tertiary/aromatic N) is 10. The summed E-state index contributed by atoms with van der Waals surface area (Å²) in [4.78, 5) is 156. The molecule has 5 heterocycles. The van der Waals surface area contributed by atoms with Gasteiger partial charge in [0.2, 0.25) is 28.9 Å². The van der Waals surface area contributed by atoms with Crippen molar-refractivity contribution in [3.8, 4) is 56.3 Å². The summed E-state index contributed by atoms with van der Waals surface area (Å²) < 4.78 is 63.8. The lowest BCUT2D eigenvalue weighted by atomic mass is 9.90. The average Bonchev–Trinajstić information content (AvgIpc) is 1.58. The maximum absolute atomic E-state index is 13.2. The molecular formula is C74H62F4N10O12. The van der Waals surface area contributed by atoms with Crippen LogP contribution in [0.4, 0.5) is 22.4 Å². The van der Waals surface area contributed by atoms with Gasteiger partial charge in [0.1, 0.15) is 92.7 Å².